The van der Waals surface area contributed by atoms with Gasteiger partial charge in [0.1, 0.15) is 5.82 Å². The Morgan fingerprint density at radius 2 is 1.77 bits per heavy atom. The van der Waals surface area contributed by atoms with Crippen LogP contribution in [0.3, 0.4) is 0 Å². The first kappa shape index (κ1) is 23.1. The Morgan fingerprint density at radius 1 is 1.07 bits per heavy atom. The summed E-state index contributed by atoms with van der Waals surface area (Å²) in [5.74, 6) is 0.753. The normalized spacial score (nSPS) is 17.3. The number of guanidine groups is 1. The van der Waals surface area contributed by atoms with Crippen LogP contribution in [-0.2, 0) is 6.42 Å². The fourth-order valence-corrected chi connectivity index (χ4v) is 4.84. The van der Waals surface area contributed by atoms with Crippen molar-refractivity contribution < 1.29 is 4.39 Å². The number of nitrogens with zero attached hydrogens (tertiary/aromatic N) is 5. The monoisotopic (exact) mass is 544 g/mol. The second kappa shape index (κ2) is 11.1. The number of hydrogen-bond acceptors (Lipinski definition) is 5. The molecule has 9 heteroatoms. The third-order valence-corrected chi connectivity index (χ3v) is 6.51. The minimum Gasteiger partial charge on any atom is -0.368 e. The van der Waals surface area contributed by atoms with Crippen LogP contribution in [-0.4, -0.2) is 68.7 Å². The van der Waals surface area contributed by atoms with E-state index in [0.717, 1.165) is 69.6 Å². The summed E-state index contributed by atoms with van der Waals surface area (Å²) >= 11 is 1.76. The summed E-state index contributed by atoms with van der Waals surface area (Å²) in [6, 6.07) is 6.75. The number of benzene rings is 1. The average Bonchev–Trinajstić information content (AvgIpc) is 3.44. The van der Waals surface area contributed by atoms with Gasteiger partial charge in [0, 0.05) is 70.3 Å². The molecule has 4 rings (SSSR count). The molecule has 164 valence electrons. The first-order valence-electron chi connectivity index (χ1n) is 10.4. The Bertz CT molecular complexity index is 813. The summed E-state index contributed by atoms with van der Waals surface area (Å²) in [5, 5.41) is 6.83. The molecular formula is C21H30FIN6S. The second-order valence-corrected chi connectivity index (χ2v) is 8.33. The molecule has 1 aromatic heterocycles. The van der Waals surface area contributed by atoms with Crippen LogP contribution < -0.4 is 15.1 Å². The minimum absolute atomic E-state index is 0. The molecule has 0 saturated carbocycles. The first-order chi connectivity index (χ1) is 14.2. The van der Waals surface area contributed by atoms with Gasteiger partial charge in [0.25, 0.3) is 0 Å². The molecule has 0 unspecified atom stereocenters. The Kier molecular flexibility index (Phi) is 8.55. The van der Waals surface area contributed by atoms with Crippen molar-refractivity contribution in [3.63, 3.8) is 0 Å². The van der Waals surface area contributed by atoms with Crippen LogP contribution in [0, 0.1) is 5.82 Å². The van der Waals surface area contributed by atoms with E-state index in [1.165, 1.54) is 30.1 Å². The van der Waals surface area contributed by atoms with Gasteiger partial charge in [-0.2, -0.15) is 0 Å². The van der Waals surface area contributed by atoms with Gasteiger partial charge in [-0.15, -0.1) is 35.3 Å². The standard InChI is InChI=1S/C21H29FN6S.HI/c1-23-20(24-9-8-18-16-29-21(25-18)28-10-2-3-11-28)27-14-12-26(13-15-27)19-6-4-17(22)5-7-19;/h4-7,16H,2-3,8-15H2,1H3,(H,23,24);1H. The van der Waals surface area contributed by atoms with Gasteiger partial charge in [0.15, 0.2) is 11.1 Å². The first-order valence-corrected chi connectivity index (χ1v) is 11.3. The molecule has 6 nitrogen and oxygen atoms in total. The fourth-order valence-electron chi connectivity index (χ4n) is 3.93. The van der Waals surface area contributed by atoms with E-state index in [9.17, 15) is 4.39 Å². The molecule has 0 bridgehead atoms. The maximum Gasteiger partial charge on any atom is 0.193 e. The van der Waals surface area contributed by atoms with Crippen LogP contribution in [0.25, 0.3) is 0 Å². The van der Waals surface area contributed by atoms with Crippen molar-refractivity contribution in [2.45, 2.75) is 19.3 Å². The number of aliphatic imine (C=N–C) groups is 1. The van der Waals surface area contributed by atoms with Crippen LogP contribution >= 0.6 is 35.3 Å². The fraction of sp³-hybridized carbons (Fsp3) is 0.524. The van der Waals surface area contributed by atoms with E-state index in [4.69, 9.17) is 4.98 Å². The Balaban J connectivity index is 0.00000256. The lowest BCUT2D eigenvalue weighted by Crippen LogP contribution is -2.52. The third kappa shape index (κ3) is 5.75. The number of rotatable bonds is 5. The molecule has 2 aliphatic heterocycles. The van der Waals surface area contributed by atoms with Gasteiger partial charge >= 0.3 is 0 Å². The van der Waals surface area contributed by atoms with Crippen molar-refractivity contribution in [2.75, 3.05) is 62.7 Å². The van der Waals surface area contributed by atoms with Crippen molar-refractivity contribution in [1.82, 2.24) is 15.2 Å². The van der Waals surface area contributed by atoms with E-state index in [1.54, 1.807) is 11.3 Å². The zero-order valence-electron chi connectivity index (χ0n) is 17.4. The topological polar surface area (TPSA) is 47.0 Å². The zero-order valence-corrected chi connectivity index (χ0v) is 20.5. The number of anilines is 2. The van der Waals surface area contributed by atoms with Gasteiger partial charge < -0.3 is 20.0 Å². The van der Waals surface area contributed by atoms with Crippen LogP contribution in [0.2, 0.25) is 0 Å². The summed E-state index contributed by atoms with van der Waals surface area (Å²) in [6.07, 6.45) is 3.46. The van der Waals surface area contributed by atoms with Crippen molar-refractivity contribution in [1.29, 1.82) is 0 Å². The lowest BCUT2D eigenvalue weighted by molar-refractivity contribution is 0.373. The molecule has 2 aliphatic rings. The van der Waals surface area contributed by atoms with Gasteiger partial charge in [0.2, 0.25) is 0 Å². The lowest BCUT2D eigenvalue weighted by atomic mass is 10.2. The molecule has 1 N–H and O–H groups in total. The highest BCUT2D eigenvalue weighted by atomic mass is 127. The molecule has 0 amide bonds. The number of nitrogens with one attached hydrogen (secondary N) is 1. The van der Waals surface area contributed by atoms with E-state index >= 15 is 0 Å². The van der Waals surface area contributed by atoms with Gasteiger partial charge in [-0.3, -0.25) is 4.99 Å². The number of aromatic nitrogens is 1. The summed E-state index contributed by atoms with van der Waals surface area (Å²) in [6.45, 7) is 6.70. The molecule has 0 radical (unpaired) electrons. The summed E-state index contributed by atoms with van der Waals surface area (Å²) in [7, 11) is 1.84. The predicted molar refractivity (Wildman–Crippen MR) is 134 cm³/mol. The smallest absolute Gasteiger partial charge is 0.193 e. The van der Waals surface area contributed by atoms with Crippen LogP contribution in [0.4, 0.5) is 15.2 Å². The molecule has 30 heavy (non-hydrogen) atoms. The van der Waals surface area contributed by atoms with Crippen LogP contribution in [0.1, 0.15) is 18.5 Å². The molecule has 0 spiro atoms. The molecular weight excluding hydrogens is 514 g/mol. The van der Waals surface area contributed by atoms with Crippen molar-refractivity contribution in [3.8, 4) is 0 Å². The number of piperazine rings is 1. The van der Waals surface area contributed by atoms with Gasteiger partial charge in [-0.25, -0.2) is 9.37 Å². The Morgan fingerprint density at radius 3 is 2.43 bits per heavy atom. The van der Waals surface area contributed by atoms with Crippen molar-refractivity contribution >= 4 is 52.1 Å². The Labute approximate surface area is 199 Å². The summed E-state index contributed by atoms with van der Waals surface area (Å²) in [5.41, 5.74) is 2.23. The number of hydrogen-bond donors (Lipinski definition) is 1. The predicted octanol–water partition coefficient (Wildman–Crippen LogP) is 3.44. The Hall–Kier alpha value is -1.62. The quantitative estimate of drug-likeness (QED) is 0.355. The molecule has 3 heterocycles. The van der Waals surface area contributed by atoms with Crippen molar-refractivity contribution in [2.24, 2.45) is 4.99 Å². The lowest BCUT2D eigenvalue weighted by Gasteiger charge is -2.37. The molecule has 1 aromatic carbocycles. The maximum absolute atomic E-state index is 13.1. The largest absolute Gasteiger partial charge is 0.368 e. The maximum atomic E-state index is 13.1. The van der Waals surface area contributed by atoms with Gasteiger partial charge in [-0.05, 0) is 37.1 Å². The van der Waals surface area contributed by atoms with Gasteiger partial charge in [-0.1, -0.05) is 0 Å². The number of halogens is 2. The highest BCUT2D eigenvalue weighted by molar-refractivity contribution is 14.0. The summed E-state index contributed by atoms with van der Waals surface area (Å²) in [4.78, 5) is 16.2. The third-order valence-electron chi connectivity index (χ3n) is 5.56. The highest BCUT2D eigenvalue weighted by Crippen LogP contribution is 2.24. The second-order valence-electron chi connectivity index (χ2n) is 7.49. The van der Waals surface area contributed by atoms with E-state index < -0.39 is 0 Å². The minimum atomic E-state index is -0.190. The molecule has 2 fully saturated rings. The molecule has 0 atom stereocenters. The number of thiazole rings is 1. The van der Waals surface area contributed by atoms with E-state index in [-0.39, 0.29) is 29.8 Å². The highest BCUT2D eigenvalue weighted by Gasteiger charge is 2.20. The molecule has 2 aromatic rings. The van der Waals surface area contributed by atoms with E-state index in [0.29, 0.717) is 0 Å². The van der Waals surface area contributed by atoms with Crippen LogP contribution in [0.5, 0.6) is 0 Å². The molecule has 2 saturated heterocycles. The summed E-state index contributed by atoms with van der Waals surface area (Å²) < 4.78 is 13.1. The zero-order chi connectivity index (χ0) is 20.1. The van der Waals surface area contributed by atoms with Gasteiger partial charge in [0.05, 0.1) is 5.69 Å². The van der Waals surface area contributed by atoms with Crippen molar-refractivity contribution in [3.05, 3.63) is 41.2 Å². The van der Waals surface area contributed by atoms with Crippen LogP contribution in [0.15, 0.2) is 34.6 Å². The SMILES string of the molecule is CN=C(NCCc1csc(N2CCCC2)n1)N1CCN(c2ccc(F)cc2)CC1.I. The van der Waals surface area contributed by atoms with E-state index in [2.05, 4.69) is 30.4 Å². The molecule has 0 aliphatic carbocycles. The van der Waals surface area contributed by atoms with E-state index in [1.807, 2.05) is 19.2 Å². The average molecular weight is 544 g/mol.